The molecule has 94 valence electrons. The Balaban J connectivity index is 0.00000256. The highest BCUT2D eigenvalue weighted by molar-refractivity contribution is 6.03. The van der Waals surface area contributed by atoms with Gasteiger partial charge < -0.3 is 10.5 Å². The van der Waals surface area contributed by atoms with Gasteiger partial charge in [0, 0.05) is 6.42 Å². The van der Waals surface area contributed by atoms with E-state index in [-0.39, 0.29) is 31.2 Å². The SMILES string of the molecule is CCOC(=O)C(N)C(=O)Cc1ccccc1.Cl. The average Bonchev–Trinajstić information content (AvgIpc) is 2.29. The maximum absolute atomic E-state index is 11.6. The van der Waals surface area contributed by atoms with Gasteiger partial charge in [-0.2, -0.15) is 0 Å². The van der Waals surface area contributed by atoms with Crippen molar-refractivity contribution in [2.75, 3.05) is 6.61 Å². The summed E-state index contributed by atoms with van der Waals surface area (Å²) >= 11 is 0. The highest BCUT2D eigenvalue weighted by Gasteiger charge is 2.22. The van der Waals surface area contributed by atoms with Crippen LogP contribution in [0.4, 0.5) is 0 Å². The standard InChI is InChI=1S/C12H15NO3.ClH/c1-2-16-12(15)11(13)10(14)8-9-6-4-3-5-7-9;/h3-7,11H,2,8,13H2,1H3;1H. The van der Waals surface area contributed by atoms with Crippen LogP contribution in [-0.2, 0) is 20.7 Å². The molecular weight excluding hydrogens is 242 g/mol. The number of ether oxygens (including phenoxy) is 1. The van der Waals surface area contributed by atoms with Gasteiger partial charge in [0.2, 0.25) is 0 Å². The summed E-state index contributed by atoms with van der Waals surface area (Å²) in [5, 5.41) is 0. The lowest BCUT2D eigenvalue weighted by molar-refractivity contribution is -0.147. The van der Waals surface area contributed by atoms with E-state index in [9.17, 15) is 9.59 Å². The summed E-state index contributed by atoms with van der Waals surface area (Å²) in [6, 6.07) is 7.97. The molecule has 0 radical (unpaired) electrons. The van der Waals surface area contributed by atoms with Crippen LogP contribution in [0.2, 0.25) is 0 Å². The molecule has 0 saturated heterocycles. The van der Waals surface area contributed by atoms with Crippen molar-refractivity contribution in [1.82, 2.24) is 0 Å². The number of hydrogen-bond donors (Lipinski definition) is 1. The van der Waals surface area contributed by atoms with Gasteiger partial charge in [-0.15, -0.1) is 12.4 Å². The van der Waals surface area contributed by atoms with Gasteiger partial charge in [0.1, 0.15) is 0 Å². The summed E-state index contributed by atoms with van der Waals surface area (Å²) in [6.45, 7) is 1.90. The summed E-state index contributed by atoms with van der Waals surface area (Å²) in [5.41, 5.74) is 6.31. The molecule has 0 spiro atoms. The number of rotatable bonds is 5. The molecule has 0 aliphatic carbocycles. The summed E-state index contributed by atoms with van der Waals surface area (Å²) in [6.07, 6.45) is 0.154. The summed E-state index contributed by atoms with van der Waals surface area (Å²) in [7, 11) is 0. The molecule has 1 rings (SSSR count). The Labute approximate surface area is 107 Å². The minimum Gasteiger partial charge on any atom is -0.464 e. The van der Waals surface area contributed by atoms with Crippen LogP contribution in [0.5, 0.6) is 0 Å². The van der Waals surface area contributed by atoms with Gasteiger partial charge in [0.15, 0.2) is 11.8 Å². The van der Waals surface area contributed by atoms with E-state index in [4.69, 9.17) is 5.73 Å². The fraction of sp³-hybridized carbons (Fsp3) is 0.333. The van der Waals surface area contributed by atoms with Crippen LogP contribution in [0.1, 0.15) is 12.5 Å². The van der Waals surface area contributed by atoms with Gasteiger partial charge in [-0.25, -0.2) is 4.79 Å². The second kappa shape index (κ2) is 7.81. The number of benzene rings is 1. The third-order valence-electron chi connectivity index (χ3n) is 2.11. The minimum atomic E-state index is -1.18. The second-order valence-electron chi connectivity index (χ2n) is 3.36. The molecule has 1 aromatic carbocycles. The normalized spacial score (nSPS) is 11.2. The summed E-state index contributed by atoms with van der Waals surface area (Å²) in [5.74, 6) is -0.993. The van der Waals surface area contributed by atoms with Crippen LogP contribution < -0.4 is 5.73 Å². The van der Waals surface area contributed by atoms with Gasteiger partial charge in [-0.05, 0) is 12.5 Å². The second-order valence-corrected chi connectivity index (χ2v) is 3.36. The van der Waals surface area contributed by atoms with Gasteiger partial charge in [0.25, 0.3) is 0 Å². The van der Waals surface area contributed by atoms with Crippen LogP contribution in [0.15, 0.2) is 30.3 Å². The van der Waals surface area contributed by atoms with Crippen LogP contribution in [0, 0.1) is 0 Å². The molecule has 5 heteroatoms. The molecule has 0 fully saturated rings. The Morgan fingerprint density at radius 2 is 1.88 bits per heavy atom. The van der Waals surface area contributed by atoms with Gasteiger partial charge in [-0.3, -0.25) is 4.79 Å². The number of carbonyl (C=O) groups excluding carboxylic acids is 2. The fourth-order valence-corrected chi connectivity index (χ4v) is 1.27. The Morgan fingerprint density at radius 3 is 2.41 bits per heavy atom. The van der Waals surface area contributed by atoms with Crippen molar-refractivity contribution in [1.29, 1.82) is 0 Å². The molecule has 0 aliphatic heterocycles. The van der Waals surface area contributed by atoms with E-state index in [1.807, 2.05) is 30.3 Å². The number of nitrogens with two attached hydrogens (primary N) is 1. The molecule has 0 heterocycles. The predicted molar refractivity (Wildman–Crippen MR) is 67.0 cm³/mol. The van der Waals surface area contributed by atoms with E-state index < -0.39 is 12.0 Å². The van der Waals surface area contributed by atoms with Crippen molar-refractivity contribution in [2.24, 2.45) is 5.73 Å². The van der Waals surface area contributed by atoms with Crippen molar-refractivity contribution < 1.29 is 14.3 Å². The first-order valence-electron chi connectivity index (χ1n) is 5.14. The number of hydrogen-bond acceptors (Lipinski definition) is 4. The zero-order chi connectivity index (χ0) is 12.0. The van der Waals surface area contributed by atoms with Crippen molar-refractivity contribution in [3.8, 4) is 0 Å². The van der Waals surface area contributed by atoms with E-state index >= 15 is 0 Å². The molecule has 1 unspecified atom stereocenters. The molecule has 17 heavy (non-hydrogen) atoms. The minimum absolute atomic E-state index is 0. The number of halogens is 1. The quantitative estimate of drug-likeness (QED) is 0.634. The lowest BCUT2D eigenvalue weighted by Gasteiger charge is -2.09. The molecule has 0 aromatic heterocycles. The highest BCUT2D eigenvalue weighted by atomic mass is 35.5. The number of ketones is 1. The van der Waals surface area contributed by atoms with Gasteiger partial charge in [0.05, 0.1) is 6.61 Å². The first-order valence-corrected chi connectivity index (χ1v) is 5.14. The molecule has 1 aromatic rings. The zero-order valence-corrected chi connectivity index (χ0v) is 10.4. The van der Waals surface area contributed by atoms with E-state index in [1.165, 1.54) is 0 Å². The molecular formula is C12H16ClNO3. The third kappa shape index (κ3) is 4.97. The topological polar surface area (TPSA) is 69.4 Å². The predicted octanol–water partition coefficient (Wildman–Crippen LogP) is 1.11. The van der Waals surface area contributed by atoms with Crippen LogP contribution in [0.3, 0.4) is 0 Å². The number of Topliss-reactive ketones (excluding diaryl/α,β-unsaturated/α-hetero) is 1. The molecule has 0 aliphatic rings. The van der Waals surface area contributed by atoms with Gasteiger partial charge in [-0.1, -0.05) is 30.3 Å². The maximum atomic E-state index is 11.6. The summed E-state index contributed by atoms with van der Waals surface area (Å²) in [4.78, 5) is 22.8. The molecule has 4 nitrogen and oxygen atoms in total. The highest BCUT2D eigenvalue weighted by Crippen LogP contribution is 2.02. The Hall–Kier alpha value is -1.39. The fourth-order valence-electron chi connectivity index (χ4n) is 1.27. The Morgan fingerprint density at radius 1 is 1.29 bits per heavy atom. The number of carbonyl (C=O) groups is 2. The smallest absolute Gasteiger partial charge is 0.330 e. The van der Waals surface area contributed by atoms with Crippen molar-refractivity contribution in [3.63, 3.8) is 0 Å². The van der Waals surface area contributed by atoms with Crippen LogP contribution >= 0.6 is 12.4 Å². The van der Waals surface area contributed by atoms with Crippen molar-refractivity contribution in [2.45, 2.75) is 19.4 Å². The number of esters is 1. The Bertz CT molecular complexity index is 367. The molecule has 0 bridgehead atoms. The first kappa shape index (κ1) is 15.6. The van der Waals surface area contributed by atoms with E-state index in [0.717, 1.165) is 5.56 Å². The maximum Gasteiger partial charge on any atom is 0.330 e. The van der Waals surface area contributed by atoms with Crippen LogP contribution in [-0.4, -0.2) is 24.4 Å². The zero-order valence-electron chi connectivity index (χ0n) is 9.59. The summed E-state index contributed by atoms with van der Waals surface area (Å²) < 4.78 is 4.68. The third-order valence-corrected chi connectivity index (χ3v) is 2.11. The first-order chi connectivity index (χ1) is 7.65. The van der Waals surface area contributed by atoms with E-state index in [0.29, 0.717) is 0 Å². The van der Waals surface area contributed by atoms with Crippen molar-refractivity contribution >= 4 is 24.2 Å². The Kier molecular flexibility index (Phi) is 7.18. The molecule has 1 atom stereocenters. The monoisotopic (exact) mass is 257 g/mol. The average molecular weight is 258 g/mol. The van der Waals surface area contributed by atoms with Gasteiger partial charge >= 0.3 is 5.97 Å². The largest absolute Gasteiger partial charge is 0.464 e. The van der Waals surface area contributed by atoms with Crippen molar-refractivity contribution in [3.05, 3.63) is 35.9 Å². The molecule has 0 amide bonds. The van der Waals surface area contributed by atoms with Crippen LogP contribution in [0.25, 0.3) is 0 Å². The van der Waals surface area contributed by atoms with E-state index in [2.05, 4.69) is 4.74 Å². The molecule has 2 N–H and O–H groups in total. The lowest BCUT2D eigenvalue weighted by atomic mass is 10.0. The molecule has 0 saturated carbocycles. The lowest BCUT2D eigenvalue weighted by Crippen LogP contribution is -2.40. The van der Waals surface area contributed by atoms with E-state index in [1.54, 1.807) is 6.92 Å².